The van der Waals surface area contributed by atoms with Gasteiger partial charge in [0.15, 0.2) is 5.76 Å². The molecule has 0 radical (unpaired) electrons. The molecule has 0 aliphatic carbocycles. The van der Waals surface area contributed by atoms with Crippen LogP contribution in [0.3, 0.4) is 0 Å². The highest BCUT2D eigenvalue weighted by Crippen LogP contribution is 2.18. The van der Waals surface area contributed by atoms with Crippen LogP contribution in [0, 0.1) is 13.8 Å². The van der Waals surface area contributed by atoms with Gasteiger partial charge in [-0.3, -0.25) is 4.79 Å². The second-order valence-electron chi connectivity index (χ2n) is 3.16. The van der Waals surface area contributed by atoms with E-state index in [2.05, 4.69) is 9.88 Å². The second kappa shape index (κ2) is 4.94. The zero-order chi connectivity index (χ0) is 12.3. The number of rotatable bonds is 5. The second-order valence-corrected chi connectivity index (χ2v) is 5.28. The Labute approximate surface area is 98.0 Å². The van der Waals surface area contributed by atoms with Crippen LogP contribution in [0.2, 0.25) is 0 Å². The summed E-state index contributed by atoms with van der Waals surface area (Å²) in [6.07, 6.45) is -0.0653. The van der Waals surface area contributed by atoms with E-state index in [0.717, 1.165) is 0 Å². The van der Waals surface area contributed by atoms with E-state index < -0.39 is 15.3 Å². The van der Waals surface area contributed by atoms with Gasteiger partial charge in [0.05, 0.1) is 0 Å². The first-order valence-corrected chi connectivity index (χ1v) is 6.31. The molecule has 1 rings (SSSR count). The first kappa shape index (κ1) is 13.1. The molecule has 6 nitrogen and oxygen atoms in total. The van der Waals surface area contributed by atoms with Crippen LogP contribution in [-0.2, 0) is 14.8 Å². The molecule has 0 saturated carbocycles. The third kappa shape index (κ3) is 3.03. The van der Waals surface area contributed by atoms with Gasteiger partial charge in [-0.15, -0.1) is 0 Å². The van der Waals surface area contributed by atoms with Crippen LogP contribution >= 0.6 is 11.6 Å². The predicted molar refractivity (Wildman–Crippen MR) is 56.6 cm³/mol. The van der Waals surface area contributed by atoms with Gasteiger partial charge in [0, 0.05) is 13.0 Å². The van der Waals surface area contributed by atoms with E-state index >= 15 is 0 Å². The Kier molecular flexibility index (Phi) is 4.06. The number of carbonyl (C=O) groups excluding carboxylic acids is 1. The quantitative estimate of drug-likeness (QED) is 0.794. The number of aryl methyl sites for hydroxylation is 2. The molecule has 0 atom stereocenters. The molecule has 1 N–H and O–H groups in total. The molecule has 1 aromatic rings. The summed E-state index contributed by atoms with van der Waals surface area (Å²) in [7, 11) is -3.69. The molecule has 0 aliphatic heterocycles. The van der Waals surface area contributed by atoms with Gasteiger partial charge < -0.3 is 4.52 Å². The molecule has 1 heterocycles. The molecule has 90 valence electrons. The molecule has 0 unspecified atom stereocenters. The topological polar surface area (TPSA) is 89.3 Å². The Bertz CT molecular complexity index is 475. The summed E-state index contributed by atoms with van der Waals surface area (Å²) in [5.41, 5.74) is 0.280. The summed E-state index contributed by atoms with van der Waals surface area (Å²) in [5, 5.41) is 2.94. The van der Waals surface area contributed by atoms with Gasteiger partial charge in [-0.1, -0.05) is 5.16 Å². The van der Waals surface area contributed by atoms with Crippen molar-refractivity contribution in [2.45, 2.75) is 25.2 Å². The average Bonchev–Trinajstić information content (AvgIpc) is 2.45. The maximum absolute atomic E-state index is 11.8. The van der Waals surface area contributed by atoms with Crippen molar-refractivity contribution >= 4 is 26.9 Å². The fourth-order valence-electron chi connectivity index (χ4n) is 1.21. The molecule has 1 aromatic heterocycles. The molecular formula is C8H11ClN2O4S. The van der Waals surface area contributed by atoms with Crippen LogP contribution in [0.25, 0.3) is 0 Å². The highest BCUT2D eigenvalue weighted by molar-refractivity contribution is 7.89. The van der Waals surface area contributed by atoms with Crippen molar-refractivity contribution < 1.29 is 17.7 Å². The normalized spacial score (nSPS) is 11.7. The number of halogens is 1. The molecule has 0 bridgehead atoms. The van der Waals surface area contributed by atoms with Crippen molar-refractivity contribution in [1.82, 2.24) is 9.88 Å². The summed E-state index contributed by atoms with van der Waals surface area (Å²) >= 11 is 5.09. The highest BCUT2D eigenvalue weighted by atomic mass is 35.5. The Balaban J connectivity index is 2.83. The van der Waals surface area contributed by atoms with Crippen LogP contribution in [0.15, 0.2) is 9.42 Å². The number of carbonyl (C=O) groups is 1. The number of sulfonamides is 1. The van der Waals surface area contributed by atoms with Crippen LogP contribution in [0.5, 0.6) is 0 Å². The summed E-state index contributed by atoms with van der Waals surface area (Å²) in [6.45, 7) is 2.98. The Morgan fingerprint density at radius 1 is 1.50 bits per heavy atom. The molecule has 0 spiro atoms. The highest BCUT2D eigenvalue weighted by Gasteiger charge is 2.23. The van der Waals surface area contributed by atoms with E-state index in [1.54, 1.807) is 0 Å². The van der Waals surface area contributed by atoms with E-state index in [0.29, 0.717) is 0 Å². The van der Waals surface area contributed by atoms with E-state index in [1.807, 2.05) is 0 Å². The Morgan fingerprint density at radius 2 is 2.12 bits per heavy atom. The summed E-state index contributed by atoms with van der Waals surface area (Å²) in [6, 6.07) is 0. The van der Waals surface area contributed by atoms with E-state index in [4.69, 9.17) is 16.1 Å². The SMILES string of the molecule is Cc1noc(C)c1S(=O)(=O)NCCC(=O)Cl. The van der Waals surface area contributed by atoms with Gasteiger partial charge in [0.1, 0.15) is 10.6 Å². The Hall–Kier alpha value is -0.920. The van der Waals surface area contributed by atoms with Crippen molar-refractivity contribution in [1.29, 1.82) is 0 Å². The van der Waals surface area contributed by atoms with Gasteiger partial charge >= 0.3 is 0 Å². The molecule has 0 fully saturated rings. The van der Waals surface area contributed by atoms with Gasteiger partial charge in [-0.2, -0.15) is 0 Å². The van der Waals surface area contributed by atoms with E-state index in [-0.39, 0.29) is 29.3 Å². The Morgan fingerprint density at radius 3 is 2.56 bits per heavy atom. The van der Waals surface area contributed by atoms with E-state index in [9.17, 15) is 13.2 Å². The molecule has 0 aromatic carbocycles. The van der Waals surface area contributed by atoms with Crippen molar-refractivity contribution in [3.63, 3.8) is 0 Å². The molecule has 8 heteroatoms. The molecular weight excluding hydrogens is 256 g/mol. The lowest BCUT2D eigenvalue weighted by Crippen LogP contribution is -2.26. The van der Waals surface area contributed by atoms with E-state index in [1.165, 1.54) is 13.8 Å². The lowest BCUT2D eigenvalue weighted by Gasteiger charge is -2.03. The monoisotopic (exact) mass is 266 g/mol. The zero-order valence-corrected chi connectivity index (χ0v) is 10.4. The lowest BCUT2D eigenvalue weighted by molar-refractivity contribution is -0.111. The van der Waals surface area contributed by atoms with Gasteiger partial charge in [-0.05, 0) is 25.4 Å². The average molecular weight is 267 g/mol. The minimum atomic E-state index is -3.69. The third-order valence-electron chi connectivity index (χ3n) is 1.85. The zero-order valence-electron chi connectivity index (χ0n) is 8.78. The summed E-state index contributed by atoms with van der Waals surface area (Å²) in [4.78, 5) is 10.5. The van der Waals surface area contributed by atoms with Crippen LogP contribution in [0.1, 0.15) is 17.9 Å². The lowest BCUT2D eigenvalue weighted by atomic mass is 10.4. The largest absolute Gasteiger partial charge is 0.360 e. The number of hydrogen-bond donors (Lipinski definition) is 1. The third-order valence-corrected chi connectivity index (χ3v) is 3.74. The number of nitrogens with zero attached hydrogens (tertiary/aromatic N) is 1. The van der Waals surface area contributed by atoms with Crippen LogP contribution < -0.4 is 4.72 Å². The van der Waals surface area contributed by atoms with Gasteiger partial charge in [0.2, 0.25) is 15.3 Å². The first-order chi connectivity index (χ1) is 7.34. The fraction of sp³-hybridized carbons (Fsp3) is 0.500. The molecule has 0 amide bonds. The van der Waals surface area contributed by atoms with Crippen molar-refractivity contribution in [2.75, 3.05) is 6.54 Å². The number of nitrogens with one attached hydrogen (secondary N) is 1. The minimum absolute atomic E-state index is 0.00882. The molecule has 0 saturated heterocycles. The maximum atomic E-state index is 11.8. The number of hydrogen-bond acceptors (Lipinski definition) is 5. The van der Waals surface area contributed by atoms with Gasteiger partial charge in [0.25, 0.3) is 0 Å². The fourth-order valence-corrected chi connectivity index (χ4v) is 2.67. The van der Waals surface area contributed by atoms with Gasteiger partial charge in [-0.25, -0.2) is 13.1 Å². The maximum Gasteiger partial charge on any atom is 0.245 e. The number of aromatic nitrogens is 1. The predicted octanol–water partition coefficient (Wildman–Crippen LogP) is 0.725. The minimum Gasteiger partial charge on any atom is -0.360 e. The smallest absolute Gasteiger partial charge is 0.245 e. The van der Waals surface area contributed by atoms with Crippen molar-refractivity contribution in [2.24, 2.45) is 0 Å². The van der Waals surface area contributed by atoms with Crippen LogP contribution in [0.4, 0.5) is 0 Å². The first-order valence-electron chi connectivity index (χ1n) is 4.45. The van der Waals surface area contributed by atoms with Crippen molar-refractivity contribution in [3.05, 3.63) is 11.5 Å². The van der Waals surface area contributed by atoms with Crippen LogP contribution in [-0.4, -0.2) is 25.4 Å². The molecule has 16 heavy (non-hydrogen) atoms. The standard InChI is InChI=1S/C8H11ClN2O4S/c1-5-8(6(2)15-11-5)16(13,14)10-4-3-7(9)12/h10H,3-4H2,1-2H3. The summed E-state index contributed by atoms with van der Waals surface area (Å²) in [5.74, 6) is 0.210. The molecule has 0 aliphatic rings. The summed E-state index contributed by atoms with van der Waals surface area (Å²) < 4.78 is 30.5. The van der Waals surface area contributed by atoms with Crippen molar-refractivity contribution in [3.8, 4) is 0 Å².